The Morgan fingerprint density at radius 1 is 1.13 bits per heavy atom. The molecule has 0 aliphatic carbocycles. The zero-order chi connectivity index (χ0) is 16.6. The number of carbonyl (C=O) groups is 2. The van der Waals surface area contributed by atoms with Crippen molar-refractivity contribution in [2.75, 3.05) is 0 Å². The van der Waals surface area contributed by atoms with Crippen LogP contribution in [0.1, 0.15) is 31.8 Å². The third kappa shape index (κ3) is 2.99. The van der Waals surface area contributed by atoms with Crippen LogP contribution in [0.4, 0.5) is 0 Å². The van der Waals surface area contributed by atoms with Crippen LogP contribution in [-0.4, -0.2) is 16.6 Å². The van der Waals surface area contributed by atoms with Gasteiger partial charge in [-0.05, 0) is 49.2 Å². The summed E-state index contributed by atoms with van der Waals surface area (Å²) < 4.78 is 2.74. The van der Waals surface area contributed by atoms with E-state index in [1.807, 2.05) is 54.8 Å². The van der Waals surface area contributed by atoms with Crippen molar-refractivity contribution >= 4 is 38.9 Å². The number of carbonyl (C=O) groups excluding carboxylic acids is 2. The summed E-state index contributed by atoms with van der Waals surface area (Å²) in [5.74, 6) is 0.0327. The summed E-state index contributed by atoms with van der Waals surface area (Å²) in [6.07, 6.45) is 2.56. The summed E-state index contributed by atoms with van der Waals surface area (Å²) in [6, 6.07) is 11.5. The van der Waals surface area contributed by atoms with E-state index in [0.717, 1.165) is 27.2 Å². The van der Waals surface area contributed by atoms with E-state index in [4.69, 9.17) is 0 Å². The van der Waals surface area contributed by atoms with Crippen LogP contribution in [0.5, 0.6) is 0 Å². The summed E-state index contributed by atoms with van der Waals surface area (Å²) >= 11 is 3.42. The quantitative estimate of drug-likeness (QED) is 0.493. The number of aromatic nitrogens is 1. The zero-order valence-electron chi connectivity index (χ0n) is 13.0. The van der Waals surface area contributed by atoms with Crippen LogP contribution in [0, 0.1) is 13.8 Å². The highest BCUT2D eigenvalue weighted by Crippen LogP contribution is 2.25. The largest absolute Gasteiger partial charge is 0.339 e. The molecule has 0 amide bonds. The number of benzene rings is 2. The number of fused-ring (bicyclic) bond motifs is 1. The Morgan fingerprint density at radius 3 is 2.61 bits per heavy atom. The highest BCUT2D eigenvalue weighted by molar-refractivity contribution is 9.10. The van der Waals surface area contributed by atoms with E-state index >= 15 is 0 Å². The number of aldehydes is 1. The SMILES string of the molecule is Cc1ccc(C(=O)Cn2cc(C=O)c3cc(Br)ccc32)cc1C. The maximum atomic E-state index is 12.6. The van der Waals surface area contributed by atoms with Crippen LogP contribution in [0.2, 0.25) is 0 Å². The highest BCUT2D eigenvalue weighted by Gasteiger charge is 2.13. The van der Waals surface area contributed by atoms with Crippen molar-refractivity contribution in [3.63, 3.8) is 0 Å². The fraction of sp³-hybridized carbons (Fsp3) is 0.158. The van der Waals surface area contributed by atoms with Crippen LogP contribution in [0.3, 0.4) is 0 Å². The number of nitrogens with zero attached hydrogens (tertiary/aromatic N) is 1. The molecule has 2 aromatic carbocycles. The molecule has 0 spiro atoms. The zero-order valence-corrected chi connectivity index (χ0v) is 14.6. The first-order chi connectivity index (χ1) is 11.0. The second kappa shape index (κ2) is 6.13. The molecule has 3 nitrogen and oxygen atoms in total. The summed E-state index contributed by atoms with van der Waals surface area (Å²) in [6.45, 7) is 4.24. The Labute approximate surface area is 143 Å². The minimum Gasteiger partial charge on any atom is -0.339 e. The standard InChI is InChI=1S/C19H16BrNO2/c1-12-3-4-14(7-13(12)2)19(23)10-21-9-15(11-22)17-8-16(20)5-6-18(17)21/h3-9,11H,10H2,1-2H3. The van der Waals surface area contributed by atoms with Gasteiger partial charge in [-0.2, -0.15) is 0 Å². The molecular formula is C19H16BrNO2. The lowest BCUT2D eigenvalue weighted by Gasteiger charge is -2.07. The van der Waals surface area contributed by atoms with Gasteiger partial charge in [0.05, 0.1) is 6.54 Å². The molecule has 4 heteroatoms. The van der Waals surface area contributed by atoms with Gasteiger partial charge in [0.25, 0.3) is 0 Å². The van der Waals surface area contributed by atoms with Gasteiger partial charge < -0.3 is 4.57 Å². The Hall–Kier alpha value is -2.20. The van der Waals surface area contributed by atoms with Crippen LogP contribution in [-0.2, 0) is 6.54 Å². The topological polar surface area (TPSA) is 39.1 Å². The maximum absolute atomic E-state index is 12.6. The molecule has 1 heterocycles. The molecule has 3 aromatic rings. The van der Waals surface area contributed by atoms with Gasteiger partial charge in [0, 0.05) is 32.7 Å². The predicted molar refractivity (Wildman–Crippen MR) is 95.3 cm³/mol. The average Bonchev–Trinajstić information content (AvgIpc) is 2.87. The summed E-state index contributed by atoms with van der Waals surface area (Å²) in [7, 11) is 0. The van der Waals surface area contributed by atoms with Crippen LogP contribution >= 0.6 is 15.9 Å². The van der Waals surface area contributed by atoms with Gasteiger partial charge in [0.2, 0.25) is 0 Å². The lowest BCUT2D eigenvalue weighted by Crippen LogP contribution is -2.10. The van der Waals surface area contributed by atoms with Gasteiger partial charge in [-0.25, -0.2) is 0 Å². The first-order valence-corrected chi connectivity index (χ1v) is 8.13. The molecule has 0 aliphatic rings. The minimum atomic E-state index is 0.0327. The molecule has 116 valence electrons. The fourth-order valence-electron chi connectivity index (χ4n) is 2.68. The molecule has 0 saturated heterocycles. The number of hydrogen-bond acceptors (Lipinski definition) is 2. The van der Waals surface area contributed by atoms with Crippen molar-refractivity contribution in [1.82, 2.24) is 4.57 Å². The predicted octanol–water partition coefficient (Wildman–Crippen LogP) is 4.72. The van der Waals surface area contributed by atoms with E-state index in [-0.39, 0.29) is 12.3 Å². The van der Waals surface area contributed by atoms with Gasteiger partial charge >= 0.3 is 0 Å². The number of halogens is 1. The molecule has 0 unspecified atom stereocenters. The van der Waals surface area contributed by atoms with Crippen molar-refractivity contribution in [1.29, 1.82) is 0 Å². The number of aryl methyl sites for hydroxylation is 2. The molecule has 0 radical (unpaired) electrons. The van der Waals surface area contributed by atoms with Crippen molar-refractivity contribution in [2.45, 2.75) is 20.4 Å². The molecule has 0 bridgehead atoms. The monoisotopic (exact) mass is 369 g/mol. The summed E-state index contributed by atoms with van der Waals surface area (Å²) in [5.41, 5.74) is 4.44. The second-order valence-corrected chi connectivity index (χ2v) is 6.63. The van der Waals surface area contributed by atoms with E-state index in [2.05, 4.69) is 15.9 Å². The lowest BCUT2D eigenvalue weighted by atomic mass is 10.0. The summed E-state index contributed by atoms with van der Waals surface area (Å²) in [5, 5.41) is 0.849. The van der Waals surface area contributed by atoms with Crippen molar-refractivity contribution in [3.8, 4) is 0 Å². The number of Topliss-reactive ketones (excluding diaryl/α,β-unsaturated/α-hetero) is 1. The average molecular weight is 370 g/mol. The molecule has 1 aromatic heterocycles. The van der Waals surface area contributed by atoms with Gasteiger partial charge in [-0.1, -0.05) is 28.1 Å². The van der Waals surface area contributed by atoms with Gasteiger partial charge in [-0.3, -0.25) is 9.59 Å². The Kier molecular flexibility index (Phi) is 4.18. The highest BCUT2D eigenvalue weighted by atomic mass is 79.9. The van der Waals surface area contributed by atoms with E-state index in [0.29, 0.717) is 11.1 Å². The molecule has 0 aliphatic heterocycles. The van der Waals surface area contributed by atoms with E-state index in [9.17, 15) is 9.59 Å². The van der Waals surface area contributed by atoms with Gasteiger partial charge in [0.1, 0.15) is 0 Å². The lowest BCUT2D eigenvalue weighted by molar-refractivity contribution is 0.0972. The van der Waals surface area contributed by atoms with Crippen LogP contribution in [0.25, 0.3) is 10.9 Å². The molecule has 0 saturated carbocycles. The Balaban J connectivity index is 1.99. The van der Waals surface area contributed by atoms with E-state index in [1.54, 1.807) is 6.20 Å². The molecular weight excluding hydrogens is 354 g/mol. The third-order valence-corrected chi connectivity index (χ3v) is 4.64. The minimum absolute atomic E-state index is 0.0327. The number of rotatable bonds is 4. The van der Waals surface area contributed by atoms with Crippen molar-refractivity contribution in [2.24, 2.45) is 0 Å². The molecule has 23 heavy (non-hydrogen) atoms. The van der Waals surface area contributed by atoms with Gasteiger partial charge in [0.15, 0.2) is 12.1 Å². The molecule has 0 atom stereocenters. The number of hydrogen-bond donors (Lipinski definition) is 0. The van der Waals surface area contributed by atoms with Crippen LogP contribution in [0.15, 0.2) is 47.1 Å². The second-order valence-electron chi connectivity index (χ2n) is 5.71. The van der Waals surface area contributed by atoms with Crippen LogP contribution < -0.4 is 0 Å². The van der Waals surface area contributed by atoms with E-state index in [1.165, 1.54) is 5.56 Å². The third-order valence-electron chi connectivity index (χ3n) is 4.14. The van der Waals surface area contributed by atoms with Crippen molar-refractivity contribution in [3.05, 3.63) is 69.3 Å². The summed E-state index contributed by atoms with van der Waals surface area (Å²) in [4.78, 5) is 23.8. The molecule has 0 fully saturated rings. The Bertz CT molecular complexity index is 925. The Morgan fingerprint density at radius 2 is 1.91 bits per heavy atom. The van der Waals surface area contributed by atoms with Crippen molar-refractivity contribution < 1.29 is 9.59 Å². The first-order valence-electron chi connectivity index (χ1n) is 7.33. The first kappa shape index (κ1) is 15.7. The fourth-order valence-corrected chi connectivity index (χ4v) is 3.04. The molecule has 0 N–H and O–H groups in total. The smallest absolute Gasteiger partial charge is 0.182 e. The maximum Gasteiger partial charge on any atom is 0.182 e. The number of ketones is 1. The normalized spacial score (nSPS) is 10.9. The van der Waals surface area contributed by atoms with Gasteiger partial charge in [-0.15, -0.1) is 0 Å². The van der Waals surface area contributed by atoms with E-state index < -0.39 is 0 Å². The molecule has 3 rings (SSSR count).